The molecular weight excluding hydrogens is 1160 g/mol. The Labute approximate surface area is 500 Å². The summed E-state index contributed by atoms with van der Waals surface area (Å²) in [5.74, 6) is -22.3. The number of nitro groups is 1. The van der Waals surface area contributed by atoms with Crippen LogP contribution >= 0.6 is 0 Å². The molecule has 0 unspecified atom stereocenters. The standard InChI is InChI=1S/C56H70F4N14O14/c1-5-28(4)45(53(83)69-36(23-31-25-63-26-65-31)54(84)73-20-10-14-38(73)51(81)70-37(55(85)86)22-29-11-7-6-8-12-29)72-50(80)34(21-30-15-17-32(75)18-16-30)68-52(82)44(27(2)3)71-48(78)33(13-9-19-64-56(61)62)67-49(79)35(24-39(76)77)66-46-42(59)40(57)41(58)43(60)47(46)74(87)88/h6-8,11-12,15-18,25-28,33-38,44-45,66,75H,5,9-10,13-14,19-24H2,1-4H3,(H,63,65)(H,67,79)(H,68,82)(H,69,83)(H,70,81)(H,71,78)(H,72,80)(H,76,77)(H,85,86)(H4,61,62,64)/t28-,33-,34-,35-,36-,37-,38-,44-,45-/m0/s1/i57-1,58-1,59-1,60-1. The number of guanidine groups is 1. The highest BCUT2D eigenvalue weighted by atomic mass is 18.2. The molecule has 1 aromatic heterocycles. The summed E-state index contributed by atoms with van der Waals surface area (Å²) in [5, 5.41) is 58.4. The van der Waals surface area contributed by atoms with Crippen LogP contribution in [0.4, 0.5) is 28.9 Å². The number of hydrogen-bond acceptors (Lipinski definition) is 15. The molecule has 3 aromatic carbocycles. The maximum absolute atomic E-state index is 15.1. The molecule has 32 heteroatoms. The van der Waals surface area contributed by atoms with E-state index in [1.165, 1.54) is 55.5 Å². The molecule has 9 atom stereocenters. The number of carboxylic acids is 2. The summed E-state index contributed by atoms with van der Waals surface area (Å²) < 4.78 is 58.2. The highest BCUT2D eigenvalue weighted by Gasteiger charge is 2.42. The lowest BCUT2D eigenvalue weighted by molar-refractivity contribution is -0.387. The number of nitrogens with zero attached hydrogens (tertiary/aromatic N) is 4. The van der Waals surface area contributed by atoms with E-state index in [4.69, 9.17) is 11.5 Å². The van der Waals surface area contributed by atoms with Crippen molar-refractivity contribution in [3.8, 4) is 5.75 Å². The number of nitrogens with one attached hydrogen (secondary N) is 8. The van der Waals surface area contributed by atoms with E-state index < -0.39 is 166 Å². The Morgan fingerprint density at radius 1 is 0.739 bits per heavy atom. The van der Waals surface area contributed by atoms with Crippen molar-refractivity contribution in [2.45, 2.75) is 134 Å². The van der Waals surface area contributed by atoms with Gasteiger partial charge in [-0.3, -0.25) is 53.5 Å². The molecule has 1 saturated heterocycles. The number of amides is 7. The number of aliphatic carboxylic acids is 2. The zero-order chi connectivity index (χ0) is 65.1. The van der Waals surface area contributed by atoms with Crippen LogP contribution in [0, 0.1) is 45.2 Å². The number of imidazole rings is 1. The van der Waals surface area contributed by atoms with Crippen molar-refractivity contribution in [3.05, 3.63) is 117 Å². The van der Waals surface area contributed by atoms with E-state index in [2.05, 4.69) is 46.9 Å². The van der Waals surface area contributed by atoms with Gasteiger partial charge in [-0.05, 0) is 60.8 Å². The molecule has 0 radical (unpaired) electrons. The third-order valence-corrected chi connectivity index (χ3v) is 14.4. The number of H-pyrrole nitrogens is 1. The Morgan fingerprint density at radius 3 is 1.91 bits per heavy atom. The van der Waals surface area contributed by atoms with Gasteiger partial charge >= 0.3 is 17.6 Å². The number of aromatic amines is 1. The molecule has 0 spiro atoms. The first-order valence-corrected chi connectivity index (χ1v) is 27.8. The fraction of sp³-hybridized carbons (Fsp3) is 0.446. The van der Waals surface area contributed by atoms with Gasteiger partial charge in [-0.2, -0.15) is 4.39 Å². The Kier molecular flexibility index (Phi) is 25.0. The predicted octanol–water partition coefficient (Wildman–Crippen LogP) is 1.30. The summed E-state index contributed by atoms with van der Waals surface area (Å²) in [6.45, 7) is 6.16. The first-order chi connectivity index (χ1) is 41.6. The summed E-state index contributed by atoms with van der Waals surface area (Å²) in [6.07, 6.45) is 1.04. The van der Waals surface area contributed by atoms with Crippen LogP contribution in [0.2, 0.25) is 0 Å². The number of carbonyl (C=O) groups is 9. The highest BCUT2D eigenvalue weighted by molar-refractivity contribution is 5.99. The van der Waals surface area contributed by atoms with E-state index in [0.717, 1.165) is 0 Å². The van der Waals surface area contributed by atoms with E-state index in [0.29, 0.717) is 23.2 Å². The minimum atomic E-state index is -2.59. The predicted molar refractivity (Wildman–Crippen MR) is 305 cm³/mol. The van der Waals surface area contributed by atoms with Crippen LogP contribution in [-0.2, 0) is 62.4 Å². The maximum atomic E-state index is 15.1. The smallest absolute Gasteiger partial charge is 0.334 e. The van der Waals surface area contributed by atoms with Gasteiger partial charge in [-0.1, -0.05) is 76.6 Å². The fourth-order valence-electron chi connectivity index (χ4n) is 9.51. The number of carboxylic acid groups (broad SMARTS) is 2. The number of carbonyl (C=O) groups excluding carboxylic acids is 7. The average Bonchev–Trinajstić information content (AvgIpc) is 2.46. The quantitative estimate of drug-likeness (QED) is 0.00479. The normalized spacial score (nSPS) is 15.6. The second-order valence-corrected chi connectivity index (χ2v) is 21.2. The minimum Gasteiger partial charge on any atom is -0.508 e. The number of aliphatic imine (C=N–C) groups is 1. The van der Waals surface area contributed by atoms with Crippen LogP contribution in [0.25, 0.3) is 0 Å². The molecular formula is C56H70F4N14O14. The third-order valence-electron chi connectivity index (χ3n) is 14.4. The number of phenols is 1. The molecule has 0 aliphatic carbocycles. The molecule has 0 saturated carbocycles. The molecule has 4 aromatic rings. The molecule has 1 fully saturated rings. The van der Waals surface area contributed by atoms with Crippen molar-refractivity contribution in [3.63, 3.8) is 0 Å². The van der Waals surface area contributed by atoms with Gasteiger partial charge in [0.2, 0.25) is 53.0 Å². The van der Waals surface area contributed by atoms with E-state index in [1.54, 1.807) is 49.5 Å². The van der Waals surface area contributed by atoms with Crippen molar-refractivity contribution in [1.29, 1.82) is 0 Å². The van der Waals surface area contributed by atoms with Crippen LogP contribution in [0.1, 0.15) is 83.0 Å². The Morgan fingerprint density at radius 2 is 1.32 bits per heavy atom. The first-order valence-electron chi connectivity index (χ1n) is 27.8. The Bertz CT molecular complexity index is 3190. The molecule has 476 valence electrons. The van der Waals surface area contributed by atoms with E-state index >= 15 is 4.39 Å². The number of halogens is 4. The molecule has 28 nitrogen and oxygen atoms in total. The molecule has 1 aliphatic heterocycles. The second-order valence-electron chi connectivity index (χ2n) is 21.2. The van der Waals surface area contributed by atoms with E-state index in [1.807, 2.05) is 0 Å². The van der Waals surface area contributed by atoms with Gasteiger partial charge in [-0.15, -0.1) is 0 Å². The maximum Gasteiger partial charge on any atom is 0.334 e. The molecule has 1 aliphatic rings. The lowest BCUT2D eigenvalue weighted by Gasteiger charge is -2.32. The zero-order valence-electron chi connectivity index (χ0n) is 48.2. The van der Waals surface area contributed by atoms with Gasteiger partial charge in [0, 0.05) is 44.2 Å². The van der Waals surface area contributed by atoms with Crippen molar-refractivity contribution >= 4 is 70.6 Å². The average molecular weight is 1240 g/mol. The van der Waals surface area contributed by atoms with E-state index in [-0.39, 0.29) is 63.3 Å². The molecule has 88 heavy (non-hydrogen) atoms. The van der Waals surface area contributed by atoms with Crippen molar-refractivity contribution < 1.29 is 81.0 Å². The van der Waals surface area contributed by atoms with Crippen LogP contribution in [0.5, 0.6) is 5.75 Å². The largest absolute Gasteiger partial charge is 0.508 e. The number of nitro benzene ring substituents is 1. The fourth-order valence-corrected chi connectivity index (χ4v) is 9.51. The van der Waals surface area contributed by atoms with Crippen LogP contribution < -0.4 is 48.7 Å². The first kappa shape index (κ1) is 68.9. The number of nitrogens with two attached hydrogens (primary N) is 2. The topological polar surface area (TPSA) is 438 Å². The second kappa shape index (κ2) is 32.0. The van der Waals surface area contributed by atoms with Crippen molar-refractivity contribution in [2.75, 3.05) is 18.4 Å². The summed E-state index contributed by atoms with van der Waals surface area (Å²) in [4.78, 5) is 147. The number of likely N-dealkylation sites (tertiary alicyclic amines) is 1. The van der Waals surface area contributed by atoms with Gasteiger partial charge in [-0.25, -0.2) is 22.9 Å². The molecule has 0 bridgehead atoms. The van der Waals surface area contributed by atoms with Gasteiger partial charge in [0.15, 0.2) is 23.3 Å². The van der Waals surface area contributed by atoms with Crippen LogP contribution in [-0.4, -0.2) is 156 Å². The summed E-state index contributed by atoms with van der Waals surface area (Å²) in [7, 11) is 0. The number of phenolic OH excluding ortho intramolecular Hbond substituents is 1. The zero-order valence-corrected chi connectivity index (χ0v) is 48.2. The lowest BCUT2D eigenvalue weighted by atomic mass is 9.96. The third kappa shape index (κ3) is 19.0. The van der Waals surface area contributed by atoms with Crippen molar-refractivity contribution in [1.82, 2.24) is 46.8 Å². The SMILES string of the molecule is CC[C@H](C)[C@H](NC(=O)[C@H](Cc1ccc(O)cc1)NC(=O)[C@@H](NC(=O)[C@H](CCCN=C(N)N)NC(=O)[C@H](CC(=O)O)Nc1c([18F])c([18F])c([18F])c([18F])c1[N+](=O)[O-])C(C)C)C(=O)N[C@@H](Cc1cnc[nH]1)C(=O)N1CCC[C@H]1C(=O)N[C@@H](Cc1ccccc1)C(=O)O. The Hall–Kier alpha value is -9.91. The van der Waals surface area contributed by atoms with Gasteiger partial charge < -0.3 is 73.9 Å². The molecule has 15 N–H and O–H groups in total. The Balaban J connectivity index is 1.41. The number of hydrogen-bond donors (Lipinski definition) is 13. The van der Waals surface area contributed by atoms with Crippen LogP contribution in [0.15, 0.2) is 72.1 Å². The molecule has 5 rings (SSSR count). The van der Waals surface area contributed by atoms with Crippen LogP contribution in [0.3, 0.4) is 0 Å². The van der Waals surface area contributed by atoms with Crippen molar-refractivity contribution in [2.24, 2.45) is 28.3 Å². The summed E-state index contributed by atoms with van der Waals surface area (Å²) >= 11 is 0. The minimum absolute atomic E-state index is 0.0489. The lowest BCUT2D eigenvalue weighted by Crippen LogP contribution is -2.62. The van der Waals surface area contributed by atoms with Gasteiger partial charge in [0.25, 0.3) is 0 Å². The highest BCUT2D eigenvalue weighted by Crippen LogP contribution is 2.35. The molecule has 7 amide bonds. The molecule has 2 heterocycles. The summed E-state index contributed by atoms with van der Waals surface area (Å²) in [5.41, 5.74) is 8.48. The number of aromatic hydroxyl groups is 1. The van der Waals surface area contributed by atoms with Gasteiger partial charge in [0.1, 0.15) is 54.1 Å². The summed E-state index contributed by atoms with van der Waals surface area (Å²) in [6, 6.07) is 1.37. The van der Waals surface area contributed by atoms with Gasteiger partial charge in [0.05, 0.1) is 17.7 Å². The number of anilines is 1. The number of benzene rings is 3. The monoisotopic (exact) mass is 1230 g/mol. The number of rotatable bonds is 32. The number of aromatic nitrogens is 2. The van der Waals surface area contributed by atoms with E-state index in [9.17, 15) is 81.8 Å².